The highest BCUT2D eigenvalue weighted by Gasteiger charge is 2.33. The Kier molecular flexibility index (Phi) is 7.25. The number of imide groups is 1. The number of carbonyl (C=O) groups is 4. The number of ketones is 1. The van der Waals surface area contributed by atoms with Crippen LogP contribution in [0.25, 0.3) is 0 Å². The van der Waals surface area contributed by atoms with Gasteiger partial charge < -0.3 is 4.74 Å². The zero-order valence-corrected chi connectivity index (χ0v) is 18.5. The highest BCUT2D eigenvalue weighted by atomic mass is 16.5. The number of nitrogens with one attached hydrogen (secondary N) is 1. The van der Waals surface area contributed by atoms with Crippen molar-refractivity contribution in [2.45, 2.75) is 18.9 Å². The van der Waals surface area contributed by atoms with E-state index >= 15 is 0 Å². The van der Waals surface area contributed by atoms with E-state index < -0.39 is 23.8 Å². The Balaban J connectivity index is 1.42. The molecule has 0 radical (unpaired) electrons. The lowest BCUT2D eigenvalue weighted by Gasteiger charge is -2.23. The predicted octanol–water partition coefficient (Wildman–Crippen LogP) is 3.51. The molecule has 0 aliphatic carbocycles. The number of nitrogens with zero attached hydrogens (tertiary/aromatic N) is 1. The minimum atomic E-state index is -0.587. The van der Waals surface area contributed by atoms with Gasteiger partial charge in [-0.25, -0.2) is 4.79 Å². The van der Waals surface area contributed by atoms with Crippen LogP contribution in [0.2, 0.25) is 0 Å². The molecular formula is C27H24N2O5. The summed E-state index contributed by atoms with van der Waals surface area (Å²) in [5.74, 6) is -1.56. The van der Waals surface area contributed by atoms with Gasteiger partial charge in [0.05, 0.1) is 23.7 Å². The summed E-state index contributed by atoms with van der Waals surface area (Å²) >= 11 is 0. The maximum Gasteiger partial charge on any atom is 0.343 e. The Morgan fingerprint density at radius 3 is 2.15 bits per heavy atom. The van der Waals surface area contributed by atoms with Crippen LogP contribution in [0.1, 0.15) is 43.9 Å². The highest BCUT2D eigenvalue weighted by molar-refractivity contribution is 6.06. The summed E-state index contributed by atoms with van der Waals surface area (Å²) in [5.41, 5.74) is 1.04. The monoisotopic (exact) mass is 456 g/mol. The zero-order chi connectivity index (χ0) is 23.9. The minimum absolute atomic E-state index is 0.0302. The average molecular weight is 456 g/mol. The van der Waals surface area contributed by atoms with Gasteiger partial charge in [-0.05, 0) is 55.8 Å². The fraction of sp³-hybridized carbons (Fsp3) is 0.185. The van der Waals surface area contributed by atoms with Gasteiger partial charge in [-0.2, -0.15) is 0 Å². The molecule has 1 fully saturated rings. The average Bonchev–Trinajstić information content (AvgIpc) is 3.33. The number of likely N-dealkylation sites (tertiary alicyclic amines) is 1. The van der Waals surface area contributed by atoms with Gasteiger partial charge in [0.1, 0.15) is 5.75 Å². The van der Waals surface area contributed by atoms with Crippen molar-refractivity contribution in [2.75, 3.05) is 13.1 Å². The topological polar surface area (TPSA) is 92.8 Å². The number of benzene rings is 3. The lowest BCUT2D eigenvalue weighted by Crippen LogP contribution is -2.46. The van der Waals surface area contributed by atoms with Crippen molar-refractivity contribution in [2.24, 2.45) is 0 Å². The maximum absolute atomic E-state index is 13.1. The molecule has 4 rings (SSSR count). The molecule has 1 aliphatic rings. The quantitative estimate of drug-likeness (QED) is 0.253. The third-order valence-corrected chi connectivity index (χ3v) is 5.69. The van der Waals surface area contributed by atoms with Gasteiger partial charge in [-0.3, -0.25) is 24.6 Å². The van der Waals surface area contributed by atoms with Crippen LogP contribution in [0.4, 0.5) is 0 Å². The molecule has 34 heavy (non-hydrogen) atoms. The first-order valence-corrected chi connectivity index (χ1v) is 11.1. The van der Waals surface area contributed by atoms with Crippen LogP contribution in [-0.4, -0.2) is 47.6 Å². The SMILES string of the molecule is O=C(NC(=O)[C@H]1CCCN1CC(=O)c1ccccc1OC(=O)c1ccccc1)c1ccccc1. The third-order valence-electron chi connectivity index (χ3n) is 5.69. The number of Topliss-reactive ketones (excluding diaryl/α,β-unsaturated/α-hetero) is 1. The molecule has 0 spiro atoms. The summed E-state index contributed by atoms with van der Waals surface area (Å²) in [7, 11) is 0. The normalized spacial score (nSPS) is 15.5. The van der Waals surface area contributed by atoms with E-state index in [2.05, 4.69) is 5.32 Å². The Bertz CT molecular complexity index is 1190. The standard InChI is InChI=1S/C27H24N2O5/c30-23(21-14-7-8-16-24(21)34-27(33)20-12-5-2-6-13-20)18-29-17-9-15-22(29)26(32)28-25(31)19-10-3-1-4-11-19/h1-8,10-14,16,22H,9,15,17-18H2,(H,28,31,32)/t22-/m1/s1. The Morgan fingerprint density at radius 1 is 0.824 bits per heavy atom. The fourth-order valence-corrected chi connectivity index (χ4v) is 3.96. The van der Waals surface area contributed by atoms with E-state index in [-0.39, 0.29) is 23.6 Å². The number of amides is 2. The first kappa shape index (κ1) is 23.1. The lowest BCUT2D eigenvalue weighted by molar-refractivity contribution is -0.124. The summed E-state index contributed by atoms with van der Waals surface area (Å²) in [5, 5.41) is 2.44. The highest BCUT2D eigenvalue weighted by Crippen LogP contribution is 2.23. The summed E-state index contributed by atoms with van der Waals surface area (Å²) in [6, 6.07) is 23.0. The number of carbonyl (C=O) groups excluding carboxylic acids is 4. The van der Waals surface area contributed by atoms with E-state index in [0.717, 1.165) is 6.42 Å². The van der Waals surface area contributed by atoms with Crippen LogP contribution >= 0.6 is 0 Å². The van der Waals surface area contributed by atoms with Crippen molar-refractivity contribution in [1.82, 2.24) is 10.2 Å². The summed E-state index contributed by atoms with van der Waals surface area (Å²) in [6.07, 6.45) is 1.28. The van der Waals surface area contributed by atoms with Crippen molar-refractivity contribution < 1.29 is 23.9 Å². The number of para-hydroxylation sites is 1. The number of ether oxygens (including phenoxy) is 1. The molecule has 1 atom stereocenters. The van der Waals surface area contributed by atoms with E-state index in [0.29, 0.717) is 24.1 Å². The Hall–Kier alpha value is -4.10. The molecule has 2 amide bonds. The van der Waals surface area contributed by atoms with Gasteiger partial charge in [-0.1, -0.05) is 48.5 Å². The maximum atomic E-state index is 13.1. The van der Waals surface area contributed by atoms with Crippen LogP contribution < -0.4 is 10.1 Å². The Morgan fingerprint density at radius 2 is 1.44 bits per heavy atom. The van der Waals surface area contributed by atoms with Gasteiger partial charge in [0.2, 0.25) is 5.91 Å². The fourth-order valence-electron chi connectivity index (χ4n) is 3.96. The van der Waals surface area contributed by atoms with Gasteiger partial charge in [-0.15, -0.1) is 0 Å². The molecule has 1 N–H and O–H groups in total. The van der Waals surface area contributed by atoms with Crippen LogP contribution in [0.3, 0.4) is 0 Å². The molecule has 7 heteroatoms. The van der Waals surface area contributed by atoms with Crippen molar-refractivity contribution in [3.8, 4) is 5.75 Å². The van der Waals surface area contributed by atoms with Crippen LogP contribution in [0, 0.1) is 0 Å². The van der Waals surface area contributed by atoms with Gasteiger partial charge >= 0.3 is 5.97 Å². The molecule has 7 nitrogen and oxygen atoms in total. The molecule has 172 valence electrons. The minimum Gasteiger partial charge on any atom is -0.422 e. The molecule has 1 aliphatic heterocycles. The van der Waals surface area contributed by atoms with E-state index in [1.54, 1.807) is 89.8 Å². The molecule has 0 saturated carbocycles. The molecule has 3 aromatic rings. The van der Waals surface area contributed by atoms with Crippen molar-refractivity contribution in [3.63, 3.8) is 0 Å². The Labute approximate surface area is 197 Å². The molecule has 0 unspecified atom stereocenters. The molecule has 0 bridgehead atoms. The van der Waals surface area contributed by atoms with Crippen LogP contribution in [-0.2, 0) is 4.79 Å². The van der Waals surface area contributed by atoms with Crippen molar-refractivity contribution in [1.29, 1.82) is 0 Å². The van der Waals surface area contributed by atoms with Crippen LogP contribution in [0.15, 0.2) is 84.9 Å². The first-order valence-electron chi connectivity index (χ1n) is 11.1. The second-order valence-electron chi connectivity index (χ2n) is 7.99. The first-order chi connectivity index (χ1) is 16.5. The molecule has 0 aromatic heterocycles. The smallest absolute Gasteiger partial charge is 0.343 e. The number of rotatable bonds is 7. The van der Waals surface area contributed by atoms with E-state index in [9.17, 15) is 19.2 Å². The van der Waals surface area contributed by atoms with E-state index in [1.165, 1.54) is 0 Å². The number of esters is 1. The zero-order valence-electron chi connectivity index (χ0n) is 18.5. The van der Waals surface area contributed by atoms with Crippen molar-refractivity contribution in [3.05, 3.63) is 102 Å². The lowest BCUT2D eigenvalue weighted by atomic mass is 10.1. The second-order valence-corrected chi connectivity index (χ2v) is 7.99. The van der Waals surface area contributed by atoms with Crippen LogP contribution in [0.5, 0.6) is 5.75 Å². The summed E-state index contributed by atoms with van der Waals surface area (Å²) < 4.78 is 5.49. The van der Waals surface area contributed by atoms with E-state index in [4.69, 9.17) is 4.74 Å². The van der Waals surface area contributed by atoms with Gasteiger partial charge in [0, 0.05) is 5.56 Å². The second kappa shape index (κ2) is 10.7. The van der Waals surface area contributed by atoms with Gasteiger partial charge in [0.15, 0.2) is 5.78 Å². The van der Waals surface area contributed by atoms with Crippen molar-refractivity contribution >= 4 is 23.6 Å². The molecule has 1 saturated heterocycles. The summed E-state index contributed by atoms with van der Waals surface area (Å²) in [4.78, 5) is 52.5. The third kappa shape index (κ3) is 5.44. The predicted molar refractivity (Wildman–Crippen MR) is 126 cm³/mol. The van der Waals surface area contributed by atoms with Gasteiger partial charge in [0.25, 0.3) is 5.91 Å². The molecule has 3 aromatic carbocycles. The largest absolute Gasteiger partial charge is 0.422 e. The molecule has 1 heterocycles. The number of hydrogen-bond donors (Lipinski definition) is 1. The number of hydrogen-bond acceptors (Lipinski definition) is 6. The summed E-state index contributed by atoms with van der Waals surface area (Å²) in [6.45, 7) is 0.521. The molecular weight excluding hydrogens is 432 g/mol. The van der Waals surface area contributed by atoms with E-state index in [1.807, 2.05) is 0 Å².